The van der Waals surface area contributed by atoms with Crippen molar-refractivity contribution in [2.75, 3.05) is 0 Å². The molecule has 0 saturated carbocycles. The first-order valence-electron chi connectivity index (χ1n) is 11.9. The van der Waals surface area contributed by atoms with Crippen LogP contribution < -0.4 is 0 Å². The molecule has 0 bridgehead atoms. The molecule has 0 fully saturated rings. The second-order valence-electron chi connectivity index (χ2n) is 8.65. The lowest BCUT2D eigenvalue weighted by molar-refractivity contribution is -0.184. The molecule has 0 rings (SSSR count). The maximum absolute atomic E-state index is 12.9. The van der Waals surface area contributed by atoms with E-state index in [2.05, 4.69) is 32.4 Å². The van der Waals surface area contributed by atoms with Gasteiger partial charge in [-0.2, -0.15) is 0 Å². The van der Waals surface area contributed by atoms with E-state index in [4.69, 9.17) is 4.74 Å². The van der Waals surface area contributed by atoms with Crippen LogP contribution in [0.25, 0.3) is 0 Å². The van der Waals surface area contributed by atoms with Crippen LogP contribution in [0, 0.1) is 5.92 Å². The molecule has 0 amide bonds. The summed E-state index contributed by atoms with van der Waals surface area (Å²) in [5.74, 6) is -4.64. The van der Waals surface area contributed by atoms with E-state index in [-0.39, 0.29) is 5.92 Å². The monoisotopic (exact) mass is 458 g/mol. The van der Waals surface area contributed by atoms with Gasteiger partial charge in [-0.05, 0) is 44.4 Å². The smallest absolute Gasteiger partial charge is 0.336 e. The van der Waals surface area contributed by atoms with E-state index in [0.717, 1.165) is 58.3 Å². The molecule has 0 aromatic carbocycles. The second-order valence-corrected chi connectivity index (χ2v) is 8.65. The molecule has 0 aliphatic rings. The van der Waals surface area contributed by atoms with Gasteiger partial charge in [-0.15, -0.1) is 0 Å². The molecule has 0 aliphatic carbocycles. The highest BCUT2D eigenvalue weighted by Gasteiger charge is 2.45. The molecular weight excluding hydrogens is 416 g/mol. The summed E-state index contributed by atoms with van der Waals surface area (Å²) in [5.41, 5.74) is -3.46. The highest BCUT2D eigenvalue weighted by atomic mass is 16.6. The van der Waals surface area contributed by atoms with Gasteiger partial charge in [0.2, 0.25) is 0 Å². The van der Waals surface area contributed by atoms with Gasteiger partial charge in [0.15, 0.2) is 5.60 Å². The first kappa shape index (κ1) is 30.0. The van der Waals surface area contributed by atoms with Crippen molar-refractivity contribution in [2.45, 2.75) is 123 Å². The van der Waals surface area contributed by atoms with Crippen LogP contribution in [0.1, 0.15) is 112 Å². The summed E-state index contributed by atoms with van der Waals surface area (Å²) >= 11 is 0. The number of hydrogen-bond donors (Lipinski definition) is 2. The lowest BCUT2D eigenvalue weighted by Gasteiger charge is -2.41. The number of unbranched alkanes of at least 4 members (excludes halogenated alkanes) is 3. The van der Waals surface area contributed by atoms with Gasteiger partial charge in [0.1, 0.15) is 5.60 Å². The molecule has 2 N–H and O–H groups in total. The topological polar surface area (TPSA) is 127 Å². The van der Waals surface area contributed by atoms with Gasteiger partial charge in [-0.25, -0.2) is 4.79 Å². The third-order valence-corrected chi connectivity index (χ3v) is 5.90. The van der Waals surface area contributed by atoms with Crippen molar-refractivity contribution in [2.24, 2.45) is 5.92 Å². The van der Waals surface area contributed by atoms with Crippen molar-refractivity contribution < 1.29 is 38.9 Å². The third kappa shape index (κ3) is 10.1. The fourth-order valence-corrected chi connectivity index (χ4v) is 4.11. The lowest BCUT2D eigenvalue weighted by atomic mass is 9.75. The van der Waals surface area contributed by atoms with Crippen molar-refractivity contribution in [3.63, 3.8) is 0 Å². The molecule has 186 valence electrons. The van der Waals surface area contributed by atoms with Crippen molar-refractivity contribution in [3.8, 4) is 0 Å². The zero-order valence-corrected chi connectivity index (χ0v) is 20.4. The quantitative estimate of drug-likeness (QED) is 0.240. The summed E-state index contributed by atoms with van der Waals surface area (Å²) in [4.78, 5) is 47.3. The molecule has 32 heavy (non-hydrogen) atoms. The summed E-state index contributed by atoms with van der Waals surface area (Å²) in [5, 5.41) is 20.0. The van der Waals surface area contributed by atoms with Crippen LogP contribution in [0.4, 0.5) is 0 Å². The number of rotatable bonds is 17. The van der Waals surface area contributed by atoms with Gasteiger partial charge >= 0.3 is 23.9 Å². The number of carboxylic acids is 1. The summed E-state index contributed by atoms with van der Waals surface area (Å²) in [6.07, 6.45) is 6.66. The highest BCUT2D eigenvalue weighted by molar-refractivity contribution is 5.92. The van der Waals surface area contributed by atoms with Gasteiger partial charge in [0.05, 0.1) is 12.8 Å². The Bertz CT molecular complexity index is 607. The van der Waals surface area contributed by atoms with Gasteiger partial charge in [0.25, 0.3) is 0 Å². The van der Waals surface area contributed by atoms with Gasteiger partial charge in [-0.3, -0.25) is 14.4 Å². The number of ether oxygens (including phenoxy) is 2. The predicted molar refractivity (Wildman–Crippen MR) is 120 cm³/mol. The molecule has 0 aromatic rings. The van der Waals surface area contributed by atoms with E-state index in [1.54, 1.807) is 0 Å². The number of carboxylic acid groups (broad SMARTS) is 1. The number of esters is 3. The Labute approximate surface area is 192 Å². The van der Waals surface area contributed by atoms with Crippen LogP contribution in [0.2, 0.25) is 0 Å². The Kier molecular flexibility index (Phi) is 14.1. The predicted octanol–water partition coefficient (Wildman–Crippen LogP) is 4.55. The van der Waals surface area contributed by atoms with Gasteiger partial charge < -0.3 is 19.7 Å². The lowest BCUT2D eigenvalue weighted by Crippen LogP contribution is -2.47. The van der Waals surface area contributed by atoms with Gasteiger partial charge in [-0.1, -0.05) is 53.4 Å². The molecule has 0 aliphatic heterocycles. The minimum absolute atomic E-state index is 0.116. The first-order valence-corrected chi connectivity index (χ1v) is 11.9. The summed E-state index contributed by atoms with van der Waals surface area (Å²) in [6.45, 7) is 9.27. The van der Waals surface area contributed by atoms with E-state index in [1.807, 2.05) is 0 Å². The molecule has 0 aromatic heterocycles. The summed E-state index contributed by atoms with van der Waals surface area (Å²) in [7, 11) is 0. The van der Waals surface area contributed by atoms with Crippen LogP contribution in [0.15, 0.2) is 0 Å². The summed E-state index contributed by atoms with van der Waals surface area (Å²) < 4.78 is 10.4. The molecular formula is C24H42O8. The molecule has 0 spiro atoms. The average Bonchev–Trinajstić information content (AvgIpc) is 2.69. The summed E-state index contributed by atoms with van der Waals surface area (Å²) in [6, 6.07) is 0. The fourth-order valence-electron chi connectivity index (χ4n) is 4.11. The number of aliphatic carboxylic acids is 1. The molecule has 2 unspecified atom stereocenters. The zero-order valence-electron chi connectivity index (χ0n) is 20.4. The Balaban J connectivity index is 5.80. The second kappa shape index (κ2) is 15.0. The van der Waals surface area contributed by atoms with Crippen LogP contribution in [-0.4, -0.2) is 45.3 Å². The van der Waals surface area contributed by atoms with Crippen LogP contribution in [0.5, 0.6) is 0 Å². The maximum atomic E-state index is 12.9. The Morgan fingerprint density at radius 2 is 1.34 bits per heavy atom. The van der Waals surface area contributed by atoms with E-state index in [1.165, 1.54) is 0 Å². The first-order chi connectivity index (χ1) is 15.0. The van der Waals surface area contributed by atoms with Crippen LogP contribution in [0.3, 0.4) is 0 Å². The Morgan fingerprint density at radius 1 is 0.844 bits per heavy atom. The molecule has 0 saturated heterocycles. The number of aliphatic hydroxyl groups is 1. The normalized spacial score (nSPS) is 14.3. The molecule has 8 heteroatoms. The Morgan fingerprint density at radius 3 is 1.75 bits per heavy atom. The number of carbonyl (C=O) groups is 4. The van der Waals surface area contributed by atoms with Crippen molar-refractivity contribution in [1.29, 1.82) is 0 Å². The highest BCUT2D eigenvalue weighted by Crippen LogP contribution is 2.39. The van der Waals surface area contributed by atoms with Gasteiger partial charge in [0, 0.05) is 6.92 Å². The third-order valence-electron chi connectivity index (χ3n) is 5.90. The Hall–Kier alpha value is -1.96. The van der Waals surface area contributed by atoms with Crippen LogP contribution >= 0.6 is 0 Å². The van der Waals surface area contributed by atoms with E-state index >= 15 is 0 Å². The molecule has 8 nitrogen and oxygen atoms in total. The molecule has 0 radical (unpaired) electrons. The minimum atomic E-state index is -2.71. The zero-order chi connectivity index (χ0) is 24.8. The van der Waals surface area contributed by atoms with Crippen molar-refractivity contribution in [1.82, 2.24) is 0 Å². The number of carbonyl (C=O) groups excluding carboxylic acids is 3. The number of hydrogen-bond acceptors (Lipinski definition) is 7. The molecule has 2 atom stereocenters. The largest absolute Gasteiger partial charge is 0.479 e. The van der Waals surface area contributed by atoms with Crippen molar-refractivity contribution >= 4 is 23.9 Å². The van der Waals surface area contributed by atoms with Crippen molar-refractivity contribution in [3.05, 3.63) is 0 Å². The van der Waals surface area contributed by atoms with E-state index in [9.17, 15) is 29.4 Å². The maximum Gasteiger partial charge on any atom is 0.336 e. The average molecular weight is 459 g/mol. The standard InChI is InChI=1S/C24H42O8/c1-6-10-13-19(9-4)24(14-11-7-2,15-12-8-3)32-21(27)17-23(30,22(28)29)16-20(26)31-18(5)25/h19,30H,6-17H2,1-5H3,(H,28,29). The fraction of sp³-hybridized carbons (Fsp3) is 0.833. The molecule has 0 heterocycles. The SMILES string of the molecule is CCCCC(CC)C(CCCC)(CCCC)OC(=O)CC(O)(CC(=O)OC(C)=O)C(=O)O. The van der Waals surface area contributed by atoms with E-state index in [0.29, 0.717) is 12.8 Å². The minimum Gasteiger partial charge on any atom is -0.479 e. The van der Waals surface area contributed by atoms with Crippen LogP contribution in [-0.2, 0) is 28.7 Å². The van der Waals surface area contributed by atoms with E-state index < -0.39 is 47.9 Å².